The maximum absolute atomic E-state index is 12.3. The Labute approximate surface area is 143 Å². The number of pyridine rings is 1. The predicted molar refractivity (Wildman–Crippen MR) is 94.9 cm³/mol. The summed E-state index contributed by atoms with van der Waals surface area (Å²) in [5, 5.41) is 6.12. The number of nitrogens with one attached hydrogen (secondary N) is 1. The van der Waals surface area contributed by atoms with Gasteiger partial charge in [-0.2, -0.15) is 0 Å². The number of fused-ring (bicyclic) bond motifs is 1. The van der Waals surface area contributed by atoms with E-state index in [1.54, 1.807) is 17.5 Å². The van der Waals surface area contributed by atoms with E-state index >= 15 is 0 Å². The highest BCUT2D eigenvalue weighted by Gasteiger charge is 2.18. The zero-order valence-electron chi connectivity index (χ0n) is 13.1. The Balaban J connectivity index is 1.61. The van der Waals surface area contributed by atoms with Crippen molar-refractivity contribution in [1.29, 1.82) is 0 Å². The monoisotopic (exact) mass is 339 g/mol. The van der Waals surface area contributed by atoms with Gasteiger partial charge in [-0.1, -0.05) is 6.07 Å². The van der Waals surface area contributed by atoms with E-state index in [4.69, 9.17) is 0 Å². The van der Waals surface area contributed by atoms with Crippen LogP contribution >= 0.6 is 11.3 Å². The van der Waals surface area contributed by atoms with Gasteiger partial charge in [-0.15, -0.1) is 11.3 Å². The lowest BCUT2D eigenvalue weighted by atomic mass is 10.3. The summed E-state index contributed by atoms with van der Waals surface area (Å²) in [6.07, 6.45) is 3.91. The second-order valence-electron chi connectivity index (χ2n) is 5.69. The minimum absolute atomic E-state index is 0.119. The lowest BCUT2D eigenvalue weighted by Crippen LogP contribution is -2.33. The quantitative estimate of drug-likeness (QED) is 0.791. The second-order valence-corrected chi connectivity index (χ2v) is 6.59. The molecule has 0 spiro atoms. The van der Waals surface area contributed by atoms with Gasteiger partial charge in [-0.25, -0.2) is 9.97 Å². The maximum Gasteiger partial charge on any atom is 0.241 e. The molecule has 4 rings (SSSR count). The molecule has 0 atom stereocenters. The Bertz CT molecular complexity index is 858. The topological polar surface area (TPSA) is 71.0 Å². The molecule has 0 aromatic carbocycles. The fourth-order valence-corrected chi connectivity index (χ4v) is 3.60. The Kier molecular flexibility index (Phi) is 4.08. The minimum Gasteiger partial charge on any atom is -0.360 e. The average Bonchev–Trinajstić information content (AvgIpc) is 3.31. The highest BCUT2D eigenvalue weighted by atomic mass is 32.1. The molecular formula is C17H17N5OS. The van der Waals surface area contributed by atoms with Gasteiger partial charge in [0.1, 0.15) is 16.3 Å². The average molecular weight is 339 g/mol. The van der Waals surface area contributed by atoms with Crippen LogP contribution in [0.1, 0.15) is 12.8 Å². The van der Waals surface area contributed by atoms with E-state index in [1.807, 2.05) is 34.5 Å². The minimum atomic E-state index is 0.119. The molecule has 1 N–H and O–H groups in total. The van der Waals surface area contributed by atoms with Crippen LogP contribution < -0.4 is 5.32 Å². The van der Waals surface area contributed by atoms with Crippen LogP contribution in [-0.4, -0.2) is 45.4 Å². The number of aromatic nitrogens is 3. The fourth-order valence-electron chi connectivity index (χ4n) is 2.84. The molecule has 1 amide bonds. The van der Waals surface area contributed by atoms with Crippen LogP contribution in [0.5, 0.6) is 0 Å². The van der Waals surface area contributed by atoms with Crippen LogP contribution in [0, 0.1) is 0 Å². The summed E-state index contributed by atoms with van der Waals surface area (Å²) in [5.74, 6) is 1.38. The molecular weight excluding hydrogens is 322 g/mol. The zero-order valence-corrected chi connectivity index (χ0v) is 13.9. The molecule has 1 aliphatic heterocycles. The van der Waals surface area contributed by atoms with Crippen molar-refractivity contribution < 1.29 is 4.79 Å². The number of nitrogens with zero attached hydrogens (tertiary/aromatic N) is 4. The molecule has 1 fully saturated rings. The van der Waals surface area contributed by atoms with Crippen molar-refractivity contribution in [3.8, 4) is 11.5 Å². The lowest BCUT2D eigenvalue weighted by Gasteiger charge is -2.16. The first kappa shape index (κ1) is 15.0. The number of carbonyl (C=O) groups is 1. The number of anilines is 1. The first-order valence-electron chi connectivity index (χ1n) is 7.99. The summed E-state index contributed by atoms with van der Waals surface area (Å²) >= 11 is 1.56. The molecule has 3 aromatic rings. The molecule has 7 heteroatoms. The maximum atomic E-state index is 12.3. The van der Waals surface area contributed by atoms with Crippen LogP contribution in [0.2, 0.25) is 0 Å². The normalized spacial score (nSPS) is 14.2. The van der Waals surface area contributed by atoms with E-state index in [9.17, 15) is 4.79 Å². The third-order valence-electron chi connectivity index (χ3n) is 4.08. The van der Waals surface area contributed by atoms with Crippen molar-refractivity contribution >= 4 is 33.3 Å². The van der Waals surface area contributed by atoms with Crippen LogP contribution in [0.25, 0.3) is 21.7 Å². The molecule has 6 nitrogen and oxygen atoms in total. The lowest BCUT2D eigenvalue weighted by molar-refractivity contribution is -0.128. The van der Waals surface area contributed by atoms with Crippen molar-refractivity contribution in [1.82, 2.24) is 19.9 Å². The van der Waals surface area contributed by atoms with E-state index in [-0.39, 0.29) is 12.5 Å². The van der Waals surface area contributed by atoms with E-state index < -0.39 is 0 Å². The molecule has 3 aromatic heterocycles. The summed E-state index contributed by atoms with van der Waals surface area (Å²) in [5.41, 5.74) is 0.724. The smallest absolute Gasteiger partial charge is 0.241 e. The van der Waals surface area contributed by atoms with E-state index in [1.165, 1.54) is 0 Å². The predicted octanol–water partition coefficient (Wildman–Crippen LogP) is 2.79. The highest BCUT2D eigenvalue weighted by Crippen LogP contribution is 2.27. The highest BCUT2D eigenvalue weighted by molar-refractivity contribution is 7.16. The van der Waals surface area contributed by atoms with Gasteiger partial charge in [0.05, 0.1) is 11.9 Å². The Morgan fingerprint density at radius 3 is 2.88 bits per heavy atom. The molecule has 1 saturated heterocycles. The Morgan fingerprint density at radius 2 is 2.08 bits per heavy atom. The summed E-state index contributed by atoms with van der Waals surface area (Å²) in [4.78, 5) is 28.5. The molecule has 0 bridgehead atoms. The van der Waals surface area contributed by atoms with Crippen LogP contribution in [0.3, 0.4) is 0 Å². The summed E-state index contributed by atoms with van der Waals surface area (Å²) < 4.78 is 0. The van der Waals surface area contributed by atoms with Crippen molar-refractivity contribution in [2.75, 3.05) is 25.0 Å². The van der Waals surface area contributed by atoms with Gasteiger partial charge in [0, 0.05) is 19.3 Å². The molecule has 1 aliphatic rings. The molecule has 24 heavy (non-hydrogen) atoms. The standard InChI is InChI=1S/C17H17N5OS/c23-14(22-8-3-4-9-22)11-19-15-12-6-10-24-17(12)21-16(20-15)13-5-1-2-7-18-13/h1-2,5-7,10H,3-4,8-9,11H2,(H,19,20,21). The first-order valence-corrected chi connectivity index (χ1v) is 8.87. The molecule has 0 radical (unpaired) electrons. The van der Waals surface area contributed by atoms with Gasteiger partial charge >= 0.3 is 0 Å². The van der Waals surface area contributed by atoms with Gasteiger partial charge in [-0.3, -0.25) is 9.78 Å². The summed E-state index contributed by atoms with van der Waals surface area (Å²) in [7, 11) is 0. The Morgan fingerprint density at radius 1 is 1.21 bits per heavy atom. The van der Waals surface area contributed by atoms with Crippen molar-refractivity contribution in [3.63, 3.8) is 0 Å². The fraction of sp³-hybridized carbons (Fsp3) is 0.294. The van der Waals surface area contributed by atoms with Crippen LogP contribution in [0.15, 0.2) is 35.8 Å². The number of rotatable bonds is 4. The SMILES string of the molecule is O=C(CNc1nc(-c2ccccn2)nc2sccc12)N1CCCC1. The number of likely N-dealkylation sites (tertiary alicyclic amines) is 1. The van der Waals surface area contributed by atoms with E-state index in [2.05, 4.69) is 20.3 Å². The van der Waals surface area contributed by atoms with Gasteiger partial charge in [0.2, 0.25) is 5.91 Å². The van der Waals surface area contributed by atoms with Crippen molar-refractivity contribution in [3.05, 3.63) is 35.8 Å². The number of hydrogen-bond donors (Lipinski definition) is 1. The van der Waals surface area contributed by atoms with Crippen LogP contribution in [-0.2, 0) is 4.79 Å². The number of hydrogen-bond acceptors (Lipinski definition) is 6. The zero-order chi connectivity index (χ0) is 16.4. The first-order chi connectivity index (χ1) is 11.8. The molecule has 122 valence electrons. The molecule has 0 unspecified atom stereocenters. The molecule has 0 aliphatic carbocycles. The number of thiophene rings is 1. The van der Waals surface area contributed by atoms with Gasteiger partial charge < -0.3 is 10.2 Å². The molecule has 0 saturated carbocycles. The third-order valence-corrected chi connectivity index (χ3v) is 4.89. The van der Waals surface area contributed by atoms with E-state index in [0.717, 1.165) is 41.8 Å². The van der Waals surface area contributed by atoms with Crippen LogP contribution in [0.4, 0.5) is 5.82 Å². The van der Waals surface area contributed by atoms with E-state index in [0.29, 0.717) is 11.6 Å². The number of carbonyl (C=O) groups excluding carboxylic acids is 1. The van der Waals surface area contributed by atoms with Crippen molar-refractivity contribution in [2.24, 2.45) is 0 Å². The molecule has 4 heterocycles. The van der Waals surface area contributed by atoms with Gasteiger partial charge in [0.15, 0.2) is 5.82 Å². The number of amides is 1. The Hall–Kier alpha value is -2.54. The van der Waals surface area contributed by atoms with Gasteiger partial charge in [-0.05, 0) is 36.4 Å². The second kappa shape index (κ2) is 6.52. The van der Waals surface area contributed by atoms with Crippen molar-refractivity contribution in [2.45, 2.75) is 12.8 Å². The van der Waals surface area contributed by atoms with Gasteiger partial charge in [0.25, 0.3) is 0 Å². The third kappa shape index (κ3) is 2.94. The summed E-state index contributed by atoms with van der Waals surface area (Å²) in [6.45, 7) is 1.97. The summed E-state index contributed by atoms with van der Waals surface area (Å²) in [6, 6.07) is 7.63. The largest absolute Gasteiger partial charge is 0.360 e.